The van der Waals surface area contributed by atoms with E-state index in [0.29, 0.717) is 5.92 Å². The molecular formula is C13H18FN. The summed E-state index contributed by atoms with van der Waals surface area (Å²) in [6.07, 6.45) is 3.53. The molecule has 1 heterocycles. The highest BCUT2D eigenvalue weighted by Gasteiger charge is 2.14. The van der Waals surface area contributed by atoms with Gasteiger partial charge in [-0.3, -0.25) is 0 Å². The van der Waals surface area contributed by atoms with Gasteiger partial charge in [0.2, 0.25) is 0 Å². The molecule has 1 aromatic rings. The molecule has 1 unspecified atom stereocenters. The van der Waals surface area contributed by atoms with Gasteiger partial charge in [0.15, 0.2) is 0 Å². The second-order valence-corrected chi connectivity index (χ2v) is 4.49. The van der Waals surface area contributed by atoms with E-state index in [4.69, 9.17) is 0 Å². The maximum Gasteiger partial charge on any atom is 0.123 e. The molecule has 1 aliphatic heterocycles. The molecule has 1 aromatic carbocycles. The predicted octanol–water partition coefficient (Wildman–Crippen LogP) is 2.68. The molecule has 2 rings (SSSR count). The Morgan fingerprint density at radius 1 is 1.47 bits per heavy atom. The molecule has 15 heavy (non-hydrogen) atoms. The smallest absolute Gasteiger partial charge is 0.123 e. The first kappa shape index (κ1) is 10.6. The first-order valence-corrected chi connectivity index (χ1v) is 5.71. The van der Waals surface area contributed by atoms with Crippen molar-refractivity contribution in [1.82, 2.24) is 5.32 Å². The van der Waals surface area contributed by atoms with Crippen molar-refractivity contribution in [1.29, 1.82) is 0 Å². The van der Waals surface area contributed by atoms with Gasteiger partial charge in [-0.05, 0) is 68.5 Å². The van der Waals surface area contributed by atoms with E-state index in [9.17, 15) is 4.39 Å². The fraction of sp³-hybridized carbons (Fsp3) is 0.538. The van der Waals surface area contributed by atoms with Crippen LogP contribution in [0.5, 0.6) is 0 Å². The monoisotopic (exact) mass is 207 g/mol. The summed E-state index contributed by atoms with van der Waals surface area (Å²) in [5.41, 5.74) is 2.38. The van der Waals surface area contributed by atoms with Gasteiger partial charge in [0, 0.05) is 0 Å². The molecule has 0 aromatic heterocycles. The van der Waals surface area contributed by atoms with Crippen LogP contribution in [-0.4, -0.2) is 13.1 Å². The lowest BCUT2D eigenvalue weighted by molar-refractivity contribution is 0.375. The molecular weight excluding hydrogens is 189 g/mol. The average Bonchev–Trinajstić information content (AvgIpc) is 2.25. The van der Waals surface area contributed by atoms with Crippen molar-refractivity contribution in [2.24, 2.45) is 5.92 Å². The van der Waals surface area contributed by atoms with E-state index in [-0.39, 0.29) is 5.82 Å². The Hall–Kier alpha value is -0.890. The molecule has 0 amide bonds. The van der Waals surface area contributed by atoms with Crippen molar-refractivity contribution in [3.05, 3.63) is 35.1 Å². The molecule has 82 valence electrons. The van der Waals surface area contributed by atoms with Crippen LogP contribution in [0.2, 0.25) is 0 Å². The number of aryl methyl sites for hydroxylation is 1. The van der Waals surface area contributed by atoms with Gasteiger partial charge in [-0.25, -0.2) is 4.39 Å². The molecule has 1 fully saturated rings. The van der Waals surface area contributed by atoms with E-state index in [0.717, 1.165) is 19.5 Å². The number of hydrogen-bond donors (Lipinski definition) is 1. The summed E-state index contributed by atoms with van der Waals surface area (Å²) in [5.74, 6) is 0.568. The zero-order valence-corrected chi connectivity index (χ0v) is 9.22. The number of hydrogen-bond acceptors (Lipinski definition) is 1. The lowest BCUT2D eigenvalue weighted by atomic mass is 9.90. The predicted molar refractivity (Wildman–Crippen MR) is 60.4 cm³/mol. The summed E-state index contributed by atoms with van der Waals surface area (Å²) in [6.45, 7) is 4.28. The van der Waals surface area contributed by atoms with Gasteiger partial charge in [0.05, 0.1) is 0 Å². The van der Waals surface area contributed by atoms with Crippen LogP contribution in [0.1, 0.15) is 24.0 Å². The third kappa shape index (κ3) is 2.78. The molecule has 0 radical (unpaired) electrons. The van der Waals surface area contributed by atoms with Crippen molar-refractivity contribution in [3.8, 4) is 0 Å². The zero-order chi connectivity index (χ0) is 10.7. The molecule has 2 heteroatoms. The number of halogens is 1. The van der Waals surface area contributed by atoms with Crippen LogP contribution in [0.3, 0.4) is 0 Å². The topological polar surface area (TPSA) is 12.0 Å². The van der Waals surface area contributed by atoms with Gasteiger partial charge < -0.3 is 5.32 Å². The number of piperidine rings is 1. The van der Waals surface area contributed by atoms with Crippen molar-refractivity contribution in [3.63, 3.8) is 0 Å². The van der Waals surface area contributed by atoms with Crippen LogP contribution in [0.4, 0.5) is 4.39 Å². The Morgan fingerprint density at radius 3 is 3.07 bits per heavy atom. The van der Waals surface area contributed by atoms with E-state index < -0.39 is 0 Å². The summed E-state index contributed by atoms with van der Waals surface area (Å²) >= 11 is 0. The normalized spacial score (nSPS) is 21.6. The Balaban J connectivity index is 2.05. The molecule has 0 aliphatic carbocycles. The minimum absolute atomic E-state index is 0.112. The molecule has 1 N–H and O–H groups in total. The summed E-state index contributed by atoms with van der Waals surface area (Å²) in [7, 11) is 0. The maximum absolute atomic E-state index is 13.1. The third-order valence-corrected chi connectivity index (χ3v) is 3.22. The van der Waals surface area contributed by atoms with Crippen LogP contribution in [0.15, 0.2) is 18.2 Å². The van der Waals surface area contributed by atoms with Gasteiger partial charge in [-0.1, -0.05) is 6.07 Å². The van der Waals surface area contributed by atoms with Crippen molar-refractivity contribution >= 4 is 0 Å². The molecule has 0 bridgehead atoms. The highest BCUT2D eigenvalue weighted by atomic mass is 19.1. The summed E-state index contributed by atoms with van der Waals surface area (Å²) < 4.78 is 13.1. The van der Waals surface area contributed by atoms with Gasteiger partial charge in [0.1, 0.15) is 5.82 Å². The number of nitrogens with one attached hydrogen (secondary N) is 1. The Labute approximate surface area is 90.7 Å². The van der Waals surface area contributed by atoms with Gasteiger partial charge in [-0.2, -0.15) is 0 Å². The van der Waals surface area contributed by atoms with E-state index in [1.165, 1.54) is 30.0 Å². The number of benzene rings is 1. The average molecular weight is 207 g/mol. The highest BCUT2D eigenvalue weighted by molar-refractivity contribution is 5.27. The van der Waals surface area contributed by atoms with Crippen LogP contribution < -0.4 is 5.32 Å². The minimum atomic E-state index is -0.112. The summed E-state index contributed by atoms with van der Waals surface area (Å²) in [5, 5.41) is 3.40. The number of rotatable bonds is 2. The molecule has 0 saturated carbocycles. The van der Waals surface area contributed by atoms with Crippen molar-refractivity contribution < 1.29 is 4.39 Å². The van der Waals surface area contributed by atoms with Crippen molar-refractivity contribution in [2.75, 3.05) is 13.1 Å². The molecule has 1 atom stereocenters. The highest BCUT2D eigenvalue weighted by Crippen LogP contribution is 2.19. The Bertz CT molecular complexity index is 329. The van der Waals surface area contributed by atoms with Crippen LogP contribution >= 0.6 is 0 Å². The molecule has 1 saturated heterocycles. The second-order valence-electron chi connectivity index (χ2n) is 4.49. The standard InChI is InChI=1S/C13H18FN/c1-10-4-5-13(14)8-12(10)7-11-3-2-6-15-9-11/h4-5,8,11,15H,2-3,6-7,9H2,1H3. The lowest BCUT2D eigenvalue weighted by Gasteiger charge is -2.23. The molecule has 1 nitrogen and oxygen atoms in total. The van der Waals surface area contributed by atoms with E-state index in [1.807, 2.05) is 6.07 Å². The quantitative estimate of drug-likeness (QED) is 0.786. The first-order chi connectivity index (χ1) is 7.25. The van der Waals surface area contributed by atoms with E-state index in [1.54, 1.807) is 6.07 Å². The lowest BCUT2D eigenvalue weighted by Crippen LogP contribution is -2.31. The van der Waals surface area contributed by atoms with Crippen LogP contribution in [0.25, 0.3) is 0 Å². The third-order valence-electron chi connectivity index (χ3n) is 3.22. The fourth-order valence-corrected chi connectivity index (χ4v) is 2.27. The Morgan fingerprint density at radius 2 is 2.33 bits per heavy atom. The van der Waals surface area contributed by atoms with Crippen LogP contribution in [-0.2, 0) is 6.42 Å². The van der Waals surface area contributed by atoms with E-state index in [2.05, 4.69) is 12.2 Å². The van der Waals surface area contributed by atoms with Gasteiger partial charge >= 0.3 is 0 Å². The van der Waals surface area contributed by atoms with Gasteiger partial charge in [-0.15, -0.1) is 0 Å². The Kier molecular flexibility index (Phi) is 3.37. The zero-order valence-electron chi connectivity index (χ0n) is 9.22. The first-order valence-electron chi connectivity index (χ1n) is 5.71. The maximum atomic E-state index is 13.1. The summed E-state index contributed by atoms with van der Waals surface area (Å²) in [6, 6.07) is 5.10. The van der Waals surface area contributed by atoms with E-state index >= 15 is 0 Å². The fourth-order valence-electron chi connectivity index (χ4n) is 2.27. The van der Waals surface area contributed by atoms with Crippen LogP contribution in [0, 0.1) is 18.7 Å². The SMILES string of the molecule is Cc1ccc(F)cc1CC1CCCNC1. The van der Waals surface area contributed by atoms with Crippen molar-refractivity contribution in [2.45, 2.75) is 26.2 Å². The molecule has 1 aliphatic rings. The summed E-state index contributed by atoms with van der Waals surface area (Å²) in [4.78, 5) is 0. The second kappa shape index (κ2) is 4.75. The minimum Gasteiger partial charge on any atom is -0.316 e. The molecule has 0 spiro atoms. The van der Waals surface area contributed by atoms with Gasteiger partial charge in [0.25, 0.3) is 0 Å². The largest absolute Gasteiger partial charge is 0.316 e.